The van der Waals surface area contributed by atoms with Crippen LogP contribution in [0.1, 0.15) is 43.6 Å². The largest absolute Gasteiger partial charge is 0.505 e. The lowest BCUT2D eigenvalue weighted by molar-refractivity contribution is 0.0517. The molecule has 0 radical (unpaired) electrons. The quantitative estimate of drug-likeness (QED) is 0.804. The van der Waals surface area contributed by atoms with Gasteiger partial charge in [-0.3, -0.25) is 4.90 Å². The lowest BCUT2D eigenvalue weighted by Crippen LogP contribution is -2.49. The van der Waals surface area contributed by atoms with Crippen LogP contribution in [0, 0.1) is 0 Å². The molecule has 1 saturated heterocycles. The van der Waals surface area contributed by atoms with Gasteiger partial charge in [-0.15, -0.1) is 11.6 Å². The maximum atomic E-state index is 9.77. The highest BCUT2D eigenvalue weighted by Gasteiger charge is 2.45. The topological polar surface area (TPSA) is 49.8 Å². The van der Waals surface area contributed by atoms with E-state index in [-0.39, 0.29) is 5.75 Å². The van der Waals surface area contributed by atoms with Gasteiger partial charge in [-0.05, 0) is 50.9 Å². The van der Waals surface area contributed by atoms with Crippen LogP contribution in [0.2, 0.25) is 0 Å². The minimum atomic E-state index is -0.486. The second-order valence-electron chi connectivity index (χ2n) is 5.85. The number of hydrogen-bond acceptors (Lipinski definition) is 4. The summed E-state index contributed by atoms with van der Waals surface area (Å²) in [5, 5.41) is 9.77. The molecule has 0 bridgehead atoms. The van der Waals surface area contributed by atoms with Crippen molar-refractivity contribution < 1.29 is 13.9 Å². The highest BCUT2D eigenvalue weighted by atomic mass is 35.5. The number of likely N-dealkylation sites (tertiary alicyclic amines) is 1. The summed E-state index contributed by atoms with van der Waals surface area (Å²) in [5.41, 5.74) is -0.486. The summed E-state index contributed by atoms with van der Waals surface area (Å²) in [5.74, 6) is 2.32. The third-order valence-corrected chi connectivity index (χ3v) is 4.76. The van der Waals surface area contributed by atoms with Crippen molar-refractivity contribution in [3.8, 4) is 5.75 Å². The van der Waals surface area contributed by atoms with Crippen LogP contribution >= 0.6 is 11.6 Å². The molecule has 3 rings (SSSR count). The number of rotatable bonds is 6. The van der Waals surface area contributed by atoms with Gasteiger partial charge >= 0.3 is 0 Å². The van der Waals surface area contributed by atoms with Crippen LogP contribution in [0.3, 0.4) is 0 Å². The third kappa shape index (κ3) is 2.77. The summed E-state index contributed by atoms with van der Waals surface area (Å²) in [7, 11) is 0. The molecule has 0 spiro atoms. The Kier molecular flexibility index (Phi) is 4.79. The molecule has 5 heteroatoms. The molecular formula is C17H22ClNO3. The van der Waals surface area contributed by atoms with E-state index in [1.54, 1.807) is 12.3 Å². The van der Waals surface area contributed by atoms with Gasteiger partial charge in [0.25, 0.3) is 0 Å². The van der Waals surface area contributed by atoms with Gasteiger partial charge < -0.3 is 13.9 Å². The average molecular weight is 324 g/mol. The van der Waals surface area contributed by atoms with Gasteiger partial charge in [0, 0.05) is 11.9 Å². The van der Waals surface area contributed by atoms with Gasteiger partial charge in [0.1, 0.15) is 23.3 Å². The Morgan fingerprint density at radius 1 is 1.18 bits per heavy atom. The second kappa shape index (κ2) is 6.80. The average Bonchev–Trinajstić information content (AvgIpc) is 3.22. The van der Waals surface area contributed by atoms with E-state index in [9.17, 15) is 5.11 Å². The monoisotopic (exact) mass is 323 g/mol. The summed E-state index contributed by atoms with van der Waals surface area (Å²) in [6.07, 6.45) is 8.31. The fourth-order valence-electron chi connectivity index (χ4n) is 3.49. The van der Waals surface area contributed by atoms with Crippen molar-refractivity contribution in [2.24, 2.45) is 0 Å². The molecule has 1 aliphatic heterocycles. The fourth-order valence-corrected chi connectivity index (χ4v) is 3.63. The van der Waals surface area contributed by atoms with Crippen molar-refractivity contribution in [3.05, 3.63) is 42.2 Å². The second-order valence-corrected chi connectivity index (χ2v) is 6.22. The van der Waals surface area contributed by atoms with E-state index in [1.165, 1.54) is 12.7 Å². The zero-order valence-electron chi connectivity index (χ0n) is 12.6. The zero-order valence-corrected chi connectivity index (χ0v) is 13.4. The number of nitrogens with zero attached hydrogens (tertiary/aromatic N) is 1. The first-order valence-corrected chi connectivity index (χ1v) is 8.44. The molecule has 1 unspecified atom stereocenters. The van der Waals surface area contributed by atoms with Gasteiger partial charge in [-0.25, -0.2) is 0 Å². The van der Waals surface area contributed by atoms with Crippen LogP contribution in [0.15, 0.2) is 39.6 Å². The molecule has 1 atom stereocenters. The van der Waals surface area contributed by atoms with E-state index in [2.05, 4.69) is 4.90 Å². The summed E-state index contributed by atoms with van der Waals surface area (Å²) in [4.78, 5) is 2.42. The van der Waals surface area contributed by atoms with Crippen LogP contribution in [-0.2, 0) is 5.54 Å². The number of halogens is 1. The standard InChI is InChI=1S/C17H22ClNO3/c18-8-5-7-17(15-6-4-11-21-15,16-12-14(20)13-22-16)19-9-2-1-3-10-19/h4,6,11-13,20H,1-3,5,7-10H2. The summed E-state index contributed by atoms with van der Waals surface area (Å²) in [6.45, 7) is 1.98. The van der Waals surface area contributed by atoms with E-state index in [4.69, 9.17) is 20.4 Å². The molecule has 2 aromatic rings. The molecular weight excluding hydrogens is 302 g/mol. The molecule has 3 heterocycles. The maximum absolute atomic E-state index is 9.77. The molecule has 1 aliphatic rings. The number of furan rings is 2. The van der Waals surface area contributed by atoms with E-state index in [0.717, 1.165) is 50.3 Å². The number of hydrogen-bond donors (Lipinski definition) is 1. The van der Waals surface area contributed by atoms with E-state index in [0.29, 0.717) is 5.88 Å². The predicted molar refractivity (Wildman–Crippen MR) is 85.2 cm³/mol. The Hall–Kier alpha value is -1.39. The first-order chi connectivity index (χ1) is 10.8. The van der Waals surface area contributed by atoms with Crippen LogP contribution in [-0.4, -0.2) is 29.0 Å². The summed E-state index contributed by atoms with van der Waals surface area (Å²) >= 11 is 5.97. The molecule has 22 heavy (non-hydrogen) atoms. The van der Waals surface area contributed by atoms with Crippen molar-refractivity contribution in [1.29, 1.82) is 0 Å². The maximum Gasteiger partial charge on any atom is 0.154 e. The molecule has 0 aliphatic carbocycles. The lowest BCUT2D eigenvalue weighted by Gasteiger charge is -2.43. The first kappa shape index (κ1) is 15.5. The Labute approximate surface area is 135 Å². The highest BCUT2D eigenvalue weighted by molar-refractivity contribution is 6.17. The van der Waals surface area contributed by atoms with Crippen molar-refractivity contribution in [2.75, 3.05) is 19.0 Å². The zero-order chi connectivity index (χ0) is 15.4. The summed E-state index contributed by atoms with van der Waals surface area (Å²) in [6, 6.07) is 5.59. The number of piperidine rings is 1. The van der Waals surface area contributed by atoms with Gasteiger partial charge in [0.05, 0.1) is 6.26 Å². The Bertz CT molecular complexity index is 575. The minimum Gasteiger partial charge on any atom is -0.505 e. The van der Waals surface area contributed by atoms with E-state index >= 15 is 0 Å². The molecule has 0 amide bonds. The van der Waals surface area contributed by atoms with E-state index in [1.807, 2.05) is 12.1 Å². The molecule has 120 valence electrons. The molecule has 2 aromatic heterocycles. The van der Waals surface area contributed by atoms with Crippen LogP contribution in [0.5, 0.6) is 5.75 Å². The Morgan fingerprint density at radius 3 is 2.59 bits per heavy atom. The first-order valence-electron chi connectivity index (χ1n) is 7.90. The van der Waals surface area contributed by atoms with Crippen molar-refractivity contribution in [1.82, 2.24) is 4.90 Å². The lowest BCUT2D eigenvalue weighted by atomic mass is 9.84. The van der Waals surface area contributed by atoms with Gasteiger partial charge in [0.15, 0.2) is 5.75 Å². The smallest absolute Gasteiger partial charge is 0.154 e. The Morgan fingerprint density at radius 2 is 2.00 bits per heavy atom. The van der Waals surface area contributed by atoms with Crippen molar-refractivity contribution >= 4 is 11.6 Å². The SMILES string of the molecule is Oc1coc(C(CCCCl)(c2ccco2)N2CCCCC2)c1. The third-order valence-electron chi connectivity index (χ3n) is 4.49. The normalized spacial score (nSPS) is 19.1. The van der Waals surface area contributed by atoms with Crippen molar-refractivity contribution in [2.45, 2.75) is 37.6 Å². The van der Waals surface area contributed by atoms with Gasteiger partial charge in [0.2, 0.25) is 0 Å². The molecule has 0 aromatic carbocycles. The number of alkyl halides is 1. The number of aromatic hydroxyl groups is 1. The van der Waals surface area contributed by atoms with Gasteiger partial charge in [-0.2, -0.15) is 0 Å². The van der Waals surface area contributed by atoms with Crippen LogP contribution in [0.4, 0.5) is 0 Å². The molecule has 1 N–H and O–H groups in total. The van der Waals surface area contributed by atoms with E-state index < -0.39 is 5.54 Å². The van der Waals surface area contributed by atoms with Crippen molar-refractivity contribution in [3.63, 3.8) is 0 Å². The van der Waals surface area contributed by atoms with Gasteiger partial charge in [-0.1, -0.05) is 6.42 Å². The Balaban J connectivity index is 2.08. The fraction of sp³-hybridized carbons (Fsp3) is 0.529. The molecule has 0 saturated carbocycles. The summed E-state index contributed by atoms with van der Waals surface area (Å²) < 4.78 is 11.5. The minimum absolute atomic E-state index is 0.147. The molecule has 4 nitrogen and oxygen atoms in total. The molecule has 1 fully saturated rings. The highest BCUT2D eigenvalue weighted by Crippen LogP contribution is 2.43. The van der Waals surface area contributed by atoms with Crippen LogP contribution in [0.25, 0.3) is 0 Å². The van der Waals surface area contributed by atoms with Crippen LogP contribution < -0.4 is 0 Å². The predicted octanol–water partition coefficient (Wildman–Crippen LogP) is 4.33.